The first-order valence-corrected chi connectivity index (χ1v) is 7.81. The van der Waals surface area contributed by atoms with Gasteiger partial charge >= 0.3 is 0 Å². The van der Waals surface area contributed by atoms with E-state index in [1.54, 1.807) is 0 Å². The molecule has 2 aliphatic carbocycles. The number of hydrogen-bond donors (Lipinski definition) is 2. The van der Waals surface area contributed by atoms with E-state index in [-0.39, 0.29) is 5.54 Å². The minimum atomic E-state index is 0.0265. The molecule has 0 radical (unpaired) electrons. The van der Waals surface area contributed by atoms with Crippen LogP contribution >= 0.6 is 0 Å². The van der Waals surface area contributed by atoms with Crippen molar-refractivity contribution < 1.29 is 5.11 Å². The van der Waals surface area contributed by atoms with Crippen LogP contribution in [-0.2, 0) is 0 Å². The highest BCUT2D eigenvalue weighted by molar-refractivity contribution is 4.99. The van der Waals surface area contributed by atoms with Gasteiger partial charge in [0.2, 0.25) is 0 Å². The van der Waals surface area contributed by atoms with E-state index in [0.717, 1.165) is 18.4 Å². The normalized spacial score (nSPS) is 44.0. The van der Waals surface area contributed by atoms with Gasteiger partial charge in [0.1, 0.15) is 0 Å². The second-order valence-corrected chi connectivity index (χ2v) is 6.77. The monoisotopic (exact) mass is 252 g/mol. The predicted molar refractivity (Wildman–Crippen MR) is 73.5 cm³/mol. The third-order valence-electron chi connectivity index (χ3n) is 6.02. The van der Waals surface area contributed by atoms with Crippen molar-refractivity contribution in [2.75, 3.05) is 26.7 Å². The van der Waals surface area contributed by atoms with Gasteiger partial charge in [0.15, 0.2) is 0 Å². The van der Waals surface area contributed by atoms with Gasteiger partial charge in [0, 0.05) is 18.1 Å². The number of rotatable bonds is 5. The molecule has 3 heteroatoms. The van der Waals surface area contributed by atoms with Crippen molar-refractivity contribution in [2.24, 2.45) is 11.8 Å². The van der Waals surface area contributed by atoms with E-state index < -0.39 is 0 Å². The predicted octanol–water partition coefficient (Wildman–Crippen LogP) is 1.61. The van der Waals surface area contributed by atoms with Crippen LogP contribution in [0, 0.1) is 11.8 Å². The van der Waals surface area contributed by atoms with Crippen LogP contribution < -0.4 is 5.32 Å². The summed E-state index contributed by atoms with van der Waals surface area (Å²) in [6.07, 6.45) is 9.36. The number of likely N-dealkylation sites (tertiary alicyclic amines) is 1. The zero-order chi connectivity index (χ0) is 12.6. The molecule has 0 aromatic rings. The van der Waals surface area contributed by atoms with E-state index in [4.69, 9.17) is 0 Å². The van der Waals surface area contributed by atoms with E-state index in [1.165, 1.54) is 51.6 Å². The van der Waals surface area contributed by atoms with Crippen LogP contribution in [0.4, 0.5) is 0 Å². The van der Waals surface area contributed by atoms with Crippen LogP contribution in [0.3, 0.4) is 0 Å². The maximum Gasteiger partial charge on any atom is 0.0615 e. The van der Waals surface area contributed by atoms with Gasteiger partial charge in [-0.05, 0) is 64.0 Å². The highest BCUT2D eigenvalue weighted by Crippen LogP contribution is 2.40. The van der Waals surface area contributed by atoms with E-state index in [2.05, 4.69) is 10.2 Å². The molecular weight excluding hydrogens is 224 g/mol. The van der Waals surface area contributed by atoms with Crippen LogP contribution in [-0.4, -0.2) is 48.3 Å². The molecule has 2 bridgehead atoms. The summed E-state index contributed by atoms with van der Waals surface area (Å²) in [5, 5.41) is 13.1. The molecule has 1 aliphatic heterocycles. The average molecular weight is 252 g/mol. The first kappa shape index (κ1) is 12.9. The molecule has 18 heavy (non-hydrogen) atoms. The second-order valence-electron chi connectivity index (χ2n) is 6.77. The fourth-order valence-corrected chi connectivity index (χ4v) is 4.80. The number of aliphatic hydroxyl groups excluding tert-OH is 1. The Kier molecular flexibility index (Phi) is 3.65. The smallest absolute Gasteiger partial charge is 0.0615 e. The van der Waals surface area contributed by atoms with E-state index in [9.17, 15) is 5.11 Å². The topological polar surface area (TPSA) is 35.5 Å². The Morgan fingerprint density at radius 3 is 2.83 bits per heavy atom. The van der Waals surface area contributed by atoms with Crippen molar-refractivity contribution in [1.82, 2.24) is 10.2 Å². The summed E-state index contributed by atoms with van der Waals surface area (Å²) in [5.41, 5.74) is 0.0265. The summed E-state index contributed by atoms with van der Waals surface area (Å²) >= 11 is 0. The number of nitrogens with zero attached hydrogens (tertiary/aromatic N) is 1. The molecule has 0 aromatic heterocycles. The van der Waals surface area contributed by atoms with Gasteiger partial charge in [-0.25, -0.2) is 0 Å². The zero-order valence-corrected chi connectivity index (χ0v) is 11.7. The Balaban J connectivity index is 1.53. The fraction of sp³-hybridized carbons (Fsp3) is 1.00. The first-order valence-electron chi connectivity index (χ1n) is 7.81. The van der Waals surface area contributed by atoms with Crippen molar-refractivity contribution in [3.63, 3.8) is 0 Å². The molecule has 3 nitrogen and oxygen atoms in total. The Morgan fingerprint density at radius 1 is 1.33 bits per heavy atom. The van der Waals surface area contributed by atoms with E-state index in [0.29, 0.717) is 12.5 Å². The molecular formula is C15H28N2O. The van der Waals surface area contributed by atoms with Gasteiger partial charge in [-0.1, -0.05) is 6.42 Å². The lowest BCUT2D eigenvalue weighted by atomic mass is 9.85. The van der Waals surface area contributed by atoms with Crippen LogP contribution in [0.2, 0.25) is 0 Å². The Morgan fingerprint density at radius 2 is 2.22 bits per heavy atom. The Bertz CT molecular complexity index is 290. The summed E-state index contributed by atoms with van der Waals surface area (Å²) in [5.74, 6) is 1.68. The summed E-state index contributed by atoms with van der Waals surface area (Å²) in [6, 6.07) is 0.898. The number of fused-ring (bicyclic) bond motifs is 2. The van der Waals surface area contributed by atoms with Crippen molar-refractivity contribution in [3.05, 3.63) is 0 Å². The molecule has 2 saturated carbocycles. The third kappa shape index (κ3) is 2.10. The molecule has 0 spiro atoms. The van der Waals surface area contributed by atoms with E-state index in [1.807, 2.05) is 7.05 Å². The molecule has 3 fully saturated rings. The van der Waals surface area contributed by atoms with Gasteiger partial charge < -0.3 is 15.3 Å². The van der Waals surface area contributed by atoms with Crippen molar-refractivity contribution in [1.29, 1.82) is 0 Å². The molecule has 0 amide bonds. The molecule has 3 aliphatic rings. The van der Waals surface area contributed by atoms with Crippen LogP contribution in [0.5, 0.6) is 0 Å². The maximum absolute atomic E-state index is 9.71. The summed E-state index contributed by atoms with van der Waals surface area (Å²) in [6.45, 7) is 2.92. The van der Waals surface area contributed by atoms with Gasteiger partial charge in [0.05, 0.1) is 6.61 Å². The lowest BCUT2D eigenvalue weighted by Gasteiger charge is -2.35. The Hall–Kier alpha value is -0.120. The number of likely N-dealkylation sites (N-methyl/N-ethyl adjacent to an activating group) is 1. The lowest BCUT2D eigenvalue weighted by molar-refractivity contribution is 0.113. The fourth-order valence-electron chi connectivity index (χ4n) is 4.80. The molecule has 1 heterocycles. The number of aliphatic hydroxyl groups is 1. The highest BCUT2D eigenvalue weighted by Gasteiger charge is 2.42. The molecule has 4 atom stereocenters. The molecule has 2 N–H and O–H groups in total. The van der Waals surface area contributed by atoms with Gasteiger partial charge in [-0.3, -0.25) is 0 Å². The molecule has 104 valence electrons. The highest BCUT2D eigenvalue weighted by atomic mass is 16.3. The van der Waals surface area contributed by atoms with Gasteiger partial charge in [0.25, 0.3) is 0 Å². The number of hydrogen-bond acceptors (Lipinski definition) is 3. The second kappa shape index (κ2) is 5.10. The largest absolute Gasteiger partial charge is 0.394 e. The standard InChI is InChI=1S/C15H28N2O/c1-16-15(11-18)7-2-3-13(15)6-8-17-10-12-4-5-14(17)9-12/h12-14,16,18H,2-11H2,1H3. The number of piperidine rings is 1. The average Bonchev–Trinajstić information content (AvgIpc) is 3.11. The SMILES string of the molecule is CNC1(CO)CCCC1CCN1CC2CCC1C2. The molecule has 1 saturated heterocycles. The Labute approximate surface area is 111 Å². The van der Waals surface area contributed by atoms with Gasteiger partial charge in [-0.2, -0.15) is 0 Å². The van der Waals surface area contributed by atoms with Gasteiger partial charge in [-0.15, -0.1) is 0 Å². The molecule has 3 rings (SSSR count). The zero-order valence-electron chi connectivity index (χ0n) is 11.7. The first-order chi connectivity index (χ1) is 8.77. The quantitative estimate of drug-likeness (QED) is 0.780. The lowest BCUT2D eigenvalue weighted by Crippen LogP contribution is -2.50. The molecule has 0 aromatic carbocycles. The minimum Gasteiger partial charge on any atom is -0.394 e. The van der Waals surface area contributed by atoms with Crippen molar-refractivity contribution >= 4 is 0 Å². The van der Waals surface area contributed by atoms with Crippen molar-refractivity contribution in [2.45, 2.75) is 56.5 Å². The number of nitrogens with one attached hydrogen (secondary N) is 1. The van der Waals surface area contributed by atoms with Crippen LogP contribution in [0.25, 0.3) is 0 Å². The maximum atomic E-state index is 9.71. The summed E-state index contributed by atoms with van der Waals surface area (Å²) < 4.78 is 0. The van der Waals surface area contributed by atoms with Crippen LogP contribution in [0.15, 0.2) is 0 Å². The molecule has 4 unspecified atom stereocenters. The summed E-state index contributed by atoms with van der Waals surface area (Å²) in [7, 11) is 2.02. The van der Waals surface area contributed by atoms with Crippen molar-refractivity contribution in [3.8, 4) is 0 Å². The van der Waals surface area contributed by atoms with Crippen LogP contribution in [0.1, 0.15) is 44.9 Å². The third-order valence-corrected chi connectivity index (χ3v) is 6.02. The summed E-state index contributed by atoms with van der Waals surface area (Å²) in [4.78, 5) is 2.73. The van der Waals surface area contributed by atoms with E-state index >= 15 is 0 Å². The minimum absolute atomic E-state index is 0.0265.